The summed E-state index contributed by atoms with van der Waals surface area (Å²) in [6.45, 7) is 6.00. The lowest BCUT2D eigenvalue weighted by Crippen LogP contribution is -2.38. The lowest BCUT2D eigenvalue weighted by Gasteiger charge is -2.25. The topological polar surface area (TPSA) is 44.5 Å². The minimum absolute atomic E-state index is 0.423. The SMILES string of the molecule is CCOCC(C)(N)c1ccc2c(c1)CCO2. The van der Waals surface area contributed by atoms with Crippen molar-refractivity contribution >= 4 is 0 Å². The highest BCUT2D eigenvalue weighted by molar-refractivity contribution is 5.41. The summed E-state index contributed by atoms with van der Waals surface area (Å²) < 4.78 is 10.9. The molecule has 0 amide bonds. The number of benzene rings is 1. The van der Waals surface area contributed by atoms with Crippen molar-refractivity contribution in [1.82, 2.24) is 0 Å². The second-order valence-corrected chi connectivity index (χ2v) is 4.48. The number of rotatable bonds is 4. The molecular formula is C13H19NO2. The molecule has 1 aliphatic rings. The van der Waals surface area contributed by atoms with Gasteiger partial charge in [0.1, 0.15) is 5.75 Å². The van der Waals surface area contributed by atoms with Crippen LogP contribution in [0, 0.1) is 0 Å². The second kappa shape index (κ2) is 4.44. The summed E-state index contributed by atoms with van der Waals surface area (Å²) in [4.78, 5) is 0. The van der Waals surface area contributed by atoms with Crippen LogP contribution in [0.25, 0.3) is 0 Å². The average Bonchev–Trinajstić information content (AvgIpc) is 2.73. The summed E-state index contributed by atoms with van der Waals surface area (Å²) in [5.74, 6) is 0.996. The molecule has 1 aromatic carbocycles. The van der Waals surface area contributed by atoms with Crippen LogP contribution in [0.1, 0.15) is 25.0 Å². The molecule has 0 spiro atoms. The fourth-order valence-electron chi connectivity index (χ4n) is 1.94. The van der Waals surface area contributed by atoms with Gasteiger partial charge in [-0.25, -0.2) is 0 Å². The van der Waals surface area contributed by atoms with E-state index in [2.05, 4.69) is 6.07 Å². The van der Waals surface area contributed by atoms with Crippen molar-refractivity contribution in [3.8, 4) is 5.75 Å². The minimum Gasteiger partial charge on any atom is -0.493 e. The Morgan fingerprint density at radius 3 is 3.06 bits per heavy atom. The quantitative estimate of drug-likeness (QED) is 0.843. The molecule has 3 heteroatoms. The molecule has 16 heavy (non-hydrogen) atoms. The number of hydrogen-bond donors (Lipinski definition) is 1. The monoisotopic (exact) mass is 221 g/mol. The van der Waals surface area contributed by atoms with Crippen molar-refractivity contribution < 1.29 is 9.47 Å². The molecule has 2 rings (SSSR count). The third-order valence-electron chi connectivity index (χ3n) is 2.95. The normalized spacial score (nSPS) is 17.7. The highest BCUT2D eigenvalue weighted by atomic mass is 16.5. The smallest absolute Gasteiger partial charge is 0.122 e. The highest BCUT2D eigenvalue weighted by Gasteiger charge is 2.23. The van der Waals surface area contributed by atoms with Gasteiger partial charge in [0.05, 0.1) is 18.8 Å². The number of hydrogen-bond acceptors (Lipinski definition) is 3. The third-order valence-corrected chi connectivity index (χ3v) is 2.95. The lowest BCUT2D eigenvalue weighted by molar-refractivity contribution is 0.101. The number of nitrogens with two attached hydrogens (primary N) is 1. The molecule has 0 saturated heterocycles. The summed E-state index contributed by atoms with van der Waals surface area (Å²) in [6.07, 6.45) is 0.980. The van der Waals surface area contributed by atoms with Crippen molar-refractivity contribution in [2.75, 3.05) is 19.8 Å². The molecule has 1 atom stereocenters. The maximum atomic E-state index is 6.25. The predicted molar refractivity (Wildman–Crippen MR) is 63.7 cm³/mol. The van der Waals surface area contributed by atoms with Crippen LogP contribution in [0.4, 0.5) is 0 Å². The molecule has 1 aliphatic heterocycles. The van der Waals surface area contributed by atoms with E-state index in [0.717, 1.165) is 24.3 Å². The molecular weight excluding hydrogens is 202 g/mol. The Morgan fingerprint density at radius 1 is 1.50 bits per heavy atom. The Labute approximate surface area is 96.5 Å². The fourth-order valence-corrected chi connectivity index (χ4v) is 1.94. The van der Waals surface area contributed by atoms with Gasteiger partial charge in [0, 0.05) is 13.0 Å². The van der Waals surface area contributed by atoms with E-state index >= 15 is 0 Å². The van der Waals surface area contributed by atoms with Gasteiger partial charge < -0.3 is 15.2 Å². The molecule has 1 unspecified atom stereocenters. The molecule has 0 bridgehead atoms. The zero-order chi connectivity index (χ0) is 11.6. The fraction of sp³-hybridized carbons (Fsp3) is 0.538. The first kappa shape index (κ1) is 11.4. The predicted octanol–water partition coefficient (Wildman–Crippen LogP) is 1.83. The molecule has 1 heterocycles. The van der Waals surface area contributed by atoms with Gasteiger partial charge in [-0.2, -0.15) is 0 Å². The van der Waals surface area contributed by atoms with Crippen molar-refractivity contribution in [2.24, 2.45) is 5.73 Å². The van der Waals surface area contributed by atoms with Gasteiger partial charge in [0.25, 0.3) is 0 Å². The summed E-state index contributed by atoms with van der Waals surface area (Å²) in [5, 5.41) is 0. The Morgan fingerprint density at radius 2 is 2.31 bits per heavy atom. The number of ether oxygens (including phenoxy) is 2. The van der Waals surface area contributed by atoms with Crippen LogP contribution >= 0.6 is 0 Å². The maximum absolute atomic E-state index is 6.25. The number of fused-ring (bicyclic) bond motifs is 1. The first-order valence-electron chi connectivity index (χ1n) is 5.76. The van der Waals surface area contributed by atoms with Crippen molar-refractivity contribution in [3.05, 3.63) is 29.3 Å². The first-order chi connectivity index (χ1) is 7.63. The van der Waals surface area contributed by atoms with Crippen LogP contribution in [0.2, 0.25) is 0 Å². The second-order valence-electron chi connectivity index (χ2n) is 4.48. The molecule has 1 aromatic rings. The minimum atomic E-state index is -0.423. The Balaban J connectivity index is 2.20. The molecule has 2 N–H and O–H groups in total. The van der Waals surface area contributed by atoms with Gasteiger partial charge in [-0.1, -0.05) is 12.1 Å². The zero-order valence-electron chi connectivity index (χ0n) is 9.95. The van der Waals surface area contributed by atoms with E-state index in [4.69, 9.17) is 15.2 Å². The third kappa shape index (κ3) is 2.20. The van der Waals surface area contributed by atoms with Gasteiger partial charge in [0.2, 0.25) is 0 Å². The molecule has 3 nitrogen and oxygen atoms in total. The molecule has 0 radical (unpaired) electrons. The van der Waals surface area contributed by atoms with E-state index in [0.29, 0.717) is 13.2 Å². The maximum Gasteiger partial charge on any atom is 0.122 e. The van der Waals surface area contributed by atoms with Crippen LogP contribution in [0.5, 0.6) is 5.75 Å². The first-order valence-corrected chi connectivity index (χ1v) is 5.76. The van der Waals surface area contributed by atoms with Crippen molar-refractivity contribution in [3.63, 3.8) is 0 Å². The van der Waals surface area contributed by atoms with E-state index in [9.17, 15) is 0 Å². The van der Waals surface area contributed by atoms with E-state index in [1.807, 2.05) is 26.0 Å². The summed E-state index contributed by atoms with van der Waals surface area (Å²) in [5.41, 5.74) is 8.20. The van der Waals surface area contributed by atoms with E-state index in [1.54, 1.807) is 0 Å². The van der Waals surface area contributed by atoms with Crippen LogP contribution < -0.4 is 10.5 Å². The van der Waals surface area contributed by atoms with E-state index < -0.39 is 5.54 Å². The standard InChI is InChI=1S/C13H19NO2/c1-3-15-9-13(2,14)11-4-5-12-10(8-11)6-7-16-12/h4-5,8H,3,6-7,9,14H2,1-2H3. The van der Waals surface area contributed by atoms with Crippen LogP contribution in [-0.2, 0) is 16.7 Å². The average molecular weight is 221 g/mol. The molecule has 0 saturated carbocycles. The molecule has 88 valence electrons. The lowest BCUT2D eigenvalue weighted by atomic mass is 9.92. The van der Waals surface area contributed by atoms with Crippen LogP contribution in [-0.4, -0.2) is 19.8 Å². The summed E-state index contributed by atoms with van der Waals surface area (Å²) >= 11 is 0. The molecule has 0 aromatic heterocycles. The molecule has 0 aliphatic carbocycles. The van der Waals surface area contributed by atoms with Crippen molar-refractivity contribution in [1.29, 1.82) is 0 Å². The van der Waals surface area contributed by atoms with Gasteiger partial charge in [-0.15, -0.1) is 0 Å². The molecule has 0 fully saturated rings. The zero-order valence-corrected chi connectivity index (χ0v) is 9.95. The van der Waals surface area contributed by atoms with Crippen molar-refractivity contribution in [2.45, 2.75) is 25.8 Å². The summed E-state index contributed by atoms with van der Waals surface area (Å²) in [6, 6.07) is 6.18. The highest BCUT2D eigenvalue weighted by Crippen LogP contribution is 2.29. The van der Waals surface area contributed by atoms with Gasteiger partial charge in [-0.3, -0.25) is 0 Å². The Bertz CT molecular complexity index is 374. The Kier molecular flexibility index (Phi) is 3.17. The Hall–Kier alpha value is -1.06. The summed E-state index contributed by atoms with van der Waals surface area (Å²) in [7, 11) is 0. The van der Waals surface area contributed by atoms with E-state index in [-0.39, 0.29) is 0 Å². The van der Waals surface area contributed by atoms with Gasteiger partial charge in [-0.05, 0) is 31.0 Å². The van der Waals surface area contributed by atoms with Gasteiger partial charge >= 0.3 is 0 Å². The van der Waals surface area contributed by atoms with Crippen LogP contribution in [0.3, 0.4) is 0 Å². The largest absolute Gasteiger partial charge is 0.493 e. The van der Waals surface area contributed by atoms with Crippen LogP contribution in [0.15, 0.2) is 18.2 Å². The van der Waals surface area contributed by atoms with Gasteiger partial charge in [0.15, 0.2) is 0 Å². The van der Waals surface area contributed by atoms with E-state index in [1.165, 1.54) is 5.56 Å².